The number of H-pyrrole nitrogens is 2. The van der Waals surface area contributed by atoms with Crippen LogP contribution in [0.4, 0.5) is 78.8 Å². The predicted octanol–water partition coefficient (Wildman–Crippen LogP) is 7.55. The van der Waals surface area contributed by atoms with Crippen LogP contribution in [0.25, 0.3) is 22.3 Å². The van der Waals surface area contributed by atoms with Crippen molar-refractivity contribution in [1.82, 2.24) is 38.9 Å². The summed E-state index contributed by atoms with van der Waals surface area (Å²) in [6, 6.07) is 10.8. The third-order valence-electron chi connectivity index (χ3n) is 11.2. The van der Waals surface area contributed by atoms with Gasteiger partial charge in [-0.1, -0.05) is 18.2 Å². The average Bonchev–Trinajstić information content (AvgIpc) is 4.27. The van der Waals surface area contributed by atoms with Gasteiger partial charge in [0.2, 0.25) is 5.88 Å². The van der Waals surface area contributed by atoms with Crippen LogP contribution in [-0.4, -0.2) is 108 Å². The summed E-state index contributed by atoms with van der Waals surface area (Å²) in [5.41, 5.74) is -24.9. The highest BCUT2D eigenvalue weighted by Gasteiger charge is 2.62. The van der Waals surface area contributed by atoms with Crippen molar-refractivity contribution in [2.24, 2.45) is 0 Å². The van der Waals surface area contributed by atoms with Gasteiger partial charge in [0.15, 0.2) is 11.3 Å². The maximum absolute atomic E-state index is 14.0. The maximum Gasteiger partial charge on any atom is 0.534 e. The van der Waals surface area contributed by atoms with Gasteiger partial charge in [0, 0.05) is 30.4 Å². The fraction of sp³-hybridized carbons (Fsp3) is 0.300. The third kappa shape index (κ3) is 12.0. The Morgan fingerprint density at radius 1 is 0.620 bits per heavy atom. The van der Waals surface area contributed by atoms with Gasteiger partial charge in [0.1, 0.15) is 35.1 Å². The highest BCUT2D eigenvalue weighted by atomic mass is 32.3. The number of aromatic nitrogens is 8. The van der Waals surface area contributed by atoms with E-state index >= 15 is 0 Å². The third-order valence-corrected chi connectivity index (χ3v) is 17.1. The Kier molecular flexibility index (Phi) is 16.0. The fourth-order valence-corrected chi connectivity index (χ4v) is 11.7. The number of alkyl halides is 12. The highest BCUT2D eigenvalue weighted by Crippen LogP contribution is 2.42. The monoisotopic (exact) mass is 1220 g/mol. The van der Waals surface area contributed by atoms with E-state index in [2.05, 4.69) is 39.1 Å². The second-order valence-corrected chi connectivity index (χ2v) is 23.3. The number of imidazole rings is 2. The molecule has 428 valence electrons. The molecule has 0 spiro atoms. The van der Waals surface area contributed by atoms with Crippen LogP contribution < -0.4 is 23.3 Å². The highest BCUT2D eigenvalue weighted by molar-refractivity contribution is 8.11. The van der Waals surface area contributed by atoms with Crippen LogP contribution in [0.1, 0.15) is 48.9 Å². The lowest BCUT2D eigenvalue weighted by Gasteiger charge is -2.27. The maximum atomic E-state index is 14.0. The van der Waals surface area contributed by atoms with Crippen molar-refractivity contribution in [2.45, 2.75) is 59.8 Å². The first-order valence-corrected chi connectivity index (χ1v) is 27.2. The number of anilines is 3. The summed E-state index contributed by atoms with van der Waals surface area (Å²) in [6.45, 7) is 0.870. The van der Waals surface area contributed by atoms with Crippen LogP contribution in [0.2, 0.25) is 0 Å². The number of nitrogens with zero attached hydrogens (tertiary/aromatic N) is 9. The number of hydrogen-bond donors (Lipinski definition) is 2. The van der Waals surface area contributed by atoms with E-state index in [-0.39, 0.29) is 39.9 Å². The summed E-state index contributed by atoms with van der Waals surface area (Å²) in [7, 11) is -25.7. The van der Waals surface area contributed by atoms with E-state index in [9.17, 15) is 99.9 Å². The zero-order valence-electron chi connectivity index (χ0n) is 38.6. The van der Waals surface area contributed by atoms with Crippen LogP contribution in [-0.2, 0) is 40.2 Å². The largest absolute Gasteiger partial charge is 0.534 e. The molecule has 79 heavy (non-hydrogen) atoms. The van der Waals surface area contributed by atoms with Gasteiger partial charge in [-0.05, 0) is 74.2 Å². The Morgan fingerprint density at radius 2 is 1.18 bits per heavy atom. The van der Waals surface area contributed by atoms with Crippen molar-refractivity contribution in [2.75, 3.05) is 26.6 Å². The molecule has 0 aliphatic carbocycles. The lowest BCUT2D eigenvalue weighted by atomic mass is 10.1. The summed E-state index contributed by atoms with van der Waals surface area (Å²) in [5.74, 6) is -1.91. The molecule has 2 fully saturated rings. The number of hydrogen-bond acceptors (Lipinski definition) is 17. The molecule has 0 bridgehead atoms. The van der Waals surface area contributed by atoms with E-state index in [0.29, 0.717) is 48.4 Å². The van der Waals surface area contributed by atoms with Crippen LogP contribution >= 0.6 is 0 Å². The summed E-state index contributed by atoms with van der Waals surface area (Å²) < 4.78 is 273. The number of sulfonamides is 2. The first-order valence-electron chi connectivity index (χ1n) is 21.5. The molecule has 2 unspecified atom stereocenters. The number of nitrogens with one attached hydrogen (secondary N) is 2. The zero-order valence-corrected chi connectivity index (χ0v) is 41.9. The minimum absolute atomic E-state index is 0.0886. The number of benzene rings is 1. The molecule has 2 N–H and O–H groups in total. The van der Waals surface area contributed by atoms with Gasteiger partial charge in [-0.3, -0.25) is 4.79 Å². The molecule has 6 aromatic heterocycles. The van der Waals surface area contributed by atoms with Gasteiger partial charge in [0.05, 0.1) is 35.8 Å². The molecular formula is C40H31F14N11O10S4. The van der Waals surface area contributed by atoms with Gasteiger partial charge < -0.3 is 24.0 Å². The van der Waals surface area contributed by atoms with Crippen molar-refractivity contribution in [3.63, 3.8) is 0 Å². The SMILES string of the molecule is O=S(=O)(N(c1ccccc1)S(=O)(=O)C(F)(F)F)C(F)(F)F.O=S(=O)(Oc1ncc(F)cc1C1CCCN1c1ccc2ncn(S(=O)(=O)C(F)(F)F)c2n1)C(F)(F)F.O=c1[nH]cc(F)cc1C1CCCN1c1ccc2[nH]cnc2n1. The van der Waals surface area contributed by atoms with E-state index < -0.39 is 106 Å². The van der Waals surface area contributed by atoms with Gasteiger partial charge in [-0.15, -0.1) is 3.71 Å². The van der Waals surface area contributed by atoms with Crippen LogP contribution in [0, 0.1) is 11.6 Å². The minimum atomic E-state index is -6.81. The van der Waals surface area contributed by atoms with Crippen molar-refractivity contribution >= 4 is 79.8 Å². The predicted molar refractivity (Wildman–Crippen MR) is 246 cm³/mol. The minimum Gasteiger partial charge on any atom is -0.355 e. The average molecular weight is 1220 g/mol. The molecule has 2 saturated heterocycles. The summed E-state index contributed by atoms with van der Waals surface area (Å²) in [5, 5.41) is 0. The molecule has 2 aliphatic rings. The summed E-state index contributed by atoms with van der Waals surface area (Å²) in [4.78, 5) is 40.3. The number of aromatic amines is 2. The van der Waals surface area contributed by atoms with E-state index in [1.54, 1.807) is 6.33 Å². The second kappa shape index (κ2) is 21.3. The smallest absolute Gasteiger partial charge is 0.355 e. The normalized spacial score (nSPS) is 16.8. The molecule has 9 rings (SSSR count). The molecule has 2 aliphatic heterocycles. The van der Waals surface area contributed by atoms with Gasteiger partial charge in [-0.2, -0.15) is 86.4 Å². The summed E-state index contributed by atoms with van der Waals surface area (Å²) >= 11 is 0. The van der Waals surface area contributed by atoms with Crippen LogP contribution in [0.3, 0.4) is 0 Å². The van der Waals surface area contributed by atoms with E-state index in [4.69, 9.17) is 0 Å². The first kappa shape index (κ1) is 59.2. The first-order chi connectivity index (χ1) is 36.5. The summed E-state index contributed by atoms with van der Waals surface area (Å²) in [6.07, 6.45) is 5.68. The molecule has 2 atom stereocenters. The number of rotatable bonds is 10. The number of halogens is 14. The lowest BCUT2D eigenvalue weighted by molar-refractivity contribution is -0.0503. The number of fused-ring (bicyclic) bond motifs is 2. The Balaban J connectivity index is 0.000000181. The van der Waals surface area contributed by atoms with E-state index in [1.807, 2.05) is 17.0 Å². The zero-order chi connectivity index (χ0) is 58.5. The number of pyridine rings is 4. The van der Waals surface area contributed by atoms with Gasteiger partial charge >= 0.3 is 62.2 Å². The molecule has 0 amide bonds. The Hall–Kier alpha value is -7.42. The molecule has 8 heterocycles. The Bertz CT molecular complexity index is 3880. The Morgan fingerprint density at radius 3 is 1.75 bits per heavy atom. The number of para-hydroxylation sites is 1. The van der Waals surface area contributed by atoms with Crippen LogP contribution in [0.15, 0.2) is 96.6 Å². The second-order valence-electron chi connectivity index (χ2n) is 16.2. The Labute approximate surface area is 433 Å². The molecule has 0 radical (unpaired) electrons. The standard InChI is InChI=1S/C17H12F7N5O5S2.C15H14FN5O.C8H5F6NO4S2/c18-9-6-10(15(25-7-9)34-36(32,33)17(22,23)24)12-2-1-5-28(12)13-4-3-11-14(27-13)29(8-26-11)35(30,31)16(19,20)21;16-9-6-10(15(22)17-7-9)12-2-1-5-21(12)13-4-3-11-14(20-13)19-8-18-11;9-7(10,11)20(16,17)15(6-4-2-1-3-5-6)21(18,19)8(12,13)14/h3-4,6-8,12H,1-2,5H2;3-4,6-8,12H,1-2,5H2,(H,17,22)(H,18,19,20);1-5H. The van der Waals surface area contributed by atoms with Crippen molar-refractivity contribution in [1.29, 1.82) is 0 Å². The topological polar surface area (TPSA) is 274 Å². The van der Waals surface area contributed by atoms with Gasteiger partial charge in [0.25, 0.3) is 5.56 Å². The molecule has 0 saturated carbocycles. The van der Waals surface area contributed by atoms with Crippen LogP contribution in [0.5, 0.6) is 5.88 Å². The molecule has 39 heteroatoms. The molecular weight excluding hydrogens is 1190 g/mol. The van der Waals surface area contributed by atoms with Crippen molar-refractivity contribution in [3.05, 3.63) is 125 Å². The molecule has 7 aromatic rings. The van der Waals surface area contributed by atoms with Gasteiger partial charge in [-0.25, -0.2) is 37.7 Å². The van der Waals surface area contributed by atoms with E-state index in [0.717, 1.165) is 61.2 Å². The van der Waals surface area contributed by atoms with Crippen molar-refractivity contribution in [3.8, 4) is 5.88 Å². The van der Waals surface area contributed by atoms with E-state index in [1.165, 1.54) is 17.0 Å². The lowest BCUT2D eigenvalue weighted by Crippen LogP contribution is -2.49. The van der Waals surface area contributed by atoms with Crippen molar-refractivity contribution < 1.29 is 99.3 Å². The fourth-order valence-electron chi connectivity index (χ4n) is 7.78. The molecule has 1 aromatic carbocycles. The quantitative estimate of drug-likeness (QED) is 0.0759. The molecule has 21 nitrogen and oxygen atoms in total.